The van der Waals surface area contributed by atoms with Gasteiger partial charge in [0.1, 0.15) is 18.1 Å². The number of aliphatic imine (C=N–C) groups is 1. The molecule has 4 unspecified atom stereocenters. The first-order valence-corrected chi connectivity index (χ1v) is 12.0. The summed E-state index contributed by atoms with van der Waals surface area (Å²) >= 11 is 0. The van der Waals surface area contributed by atoms with E-state index in [-0.39, 0.29) is 38.2 Å². The molecule has 13 N–H and O–H groups in total. The normalized spacial score (nSPS) is 14.0. The number of aromatic amines is 1. The molecule has 38 heavy (non-hydrogen) atoms. The number of amides is 4. The number of hydrogen-bond donors (Lipinski definition) is 9. The minimum atomic E-state index is -1.29. The average Bonchev–Trinajstić information content (AvgIpc) is 3.34. The van der Waals surface area contributed by atoms with Gasteiger partial charge >= 0.3 is 5.97 Å². The van der Waals surface area contributed by atoms with Crippen molar-refractivity contribution in [3.05, 3.63) is 18.2 Å². The van der Waals surface area contributed by atoms with Gasteiger partial charge in [0.05, 0.1) is 12.4 Å². The van der Waals surface area contributed by atoms with Gasteiger partial charge in [-0.25, -0.2) is 9.78 Å². The lowest BCUT2D eigenvalue weighted by Gasteiger charge is -2.27. The third kappa shape index (κ3) is 11.7. The summed E-state index contributed by atoms with van der Waals surface area (Å²) in [5.74, 6) is -4.67. The Labute approximate surface area is 219 Å². The van der Waals surface area contributed by atoms with Crippen molar-refractivity contribution in [1.29, 1.82) is 0 Å². The zero-order valence-corrected chi connectivity index (χ0v) is 21.5. The molecule has 0 saturated carbocycles. The molecule has 0 radical (unpaired) electrons. The summed E-state index contributed by atoms with van der Waals surface area (Å²) in [4.78, 5) is 72.0. The van der Waals surface area contributed by atoms with Crippen molar-refractivity contribution >= 4 is 35.6 Å². The Balaban J connectivity index is 2.90. The summed E-state index contributed by atoms with van der Waals surface area (Å²) in [6, 6.07) is -4.65. The minimum Gasteiger partial charge on any atom is -0.480 e. The number of nitrogens with two attached hydrogens (primary N) is 4. The van der Waals surface area contributed by atoms with Crippen LogP contribution in [0.25, 0.3) is 0 Å². The van der Waals surface area contributed by atoms with Gasteiger partial charge in [0.2, 0.25) is 23.6 Å². The van der Waals surface area contributed by atoms with Crippen molar-refractivity contribution in [2.75, 3.05) is 6.54 Å². The van der Waals surface area contributed by atoms with Crippen LogP contribution in [-0.2, 0) is 30.4 Å². The lowest BCUT2D eigenvalue weighted by atomic mass is 10.0. The third-order valence-corrected chi connectivity index (χ3v) is 5.46. The van der Waals surface area contributed by atoms with Gasteiger partial charge in [0.15, 0.2) is 5.96 Å². The van der Waals surface area contributed by atoms with Crippen molar-refractivity contribution in [3.8, 4) is 0 Å². The number of carbonyl (C=O) groups excluding carboxylic acids is 4. The molecule has 4 atom stereocenters. The summed E-state index contributed by atoms with van der Waals surface area (Å²) in [5.41, 5.74) is 22.1. The largest absolute Gasteiger partial charge is 0.480 e. The Morgan fingerprint density at radius 3 is 2.18 bits per heavy atom. The van der Waals surface area contributed by atoms with E-state index in [4.69, 9.17) is 22.9 Å². The SMILES string of the molecule is CC(C)C(NC(=O)C(CCC(N)=O)NC(=O)C(N)CCCN=C(N)N)C(=O)NC(Cc1cnc[nH]1)C(=O)O. The molecule has 16 heteroatoms. The summed E-state index contributed by atoms with van der Waals surface area (Å²) in [6.07, 6.45) is 3.02. The van der Waals surface area contributed by atoms with Gasteiger partial charge in [-0.3, -0.25) is 24.2 Å². The first-order valence-electron chi connectivity index (χ1n) is 12.0. The van der Waals surface area contributed by atoms with Gasteiger partial charge in [0.25, 0.3) is 0 Å². The number of imidazole rings is 1. The predicted octanol–water partition coefficient (Wildman–Crippen LogP) is -3.21. The van der Waals surface area contributed by atoms with E-state index < -0.39 is 59.7 Å². The zero-order chi connectivity index (χ0) is 28.8. The number of nitrogens with one attached hydrogen (secondary N) is 4. The van der Waals surface area contributed by atoms with Crippen LogP contribution < -0.4 is 38.9 Å². The molecule has 4 amide bonds. The highest BCUT2D eigenvalue weighted by Crippen LogP contribution is 2.08. The first-order chi connectivity index (χ1) is 17.8. The number of carbonyl (C=O) groups is 5. The Hall–Kier alpha value is -4.21. The molecular formula is C22H38N10O6. The summed E-state index contributed by atoms with van der Waals surface area (Å²) in [6.45, 7) is 3.56. The minimum absolute atomic E-state index is 0.0573. The molecule has 16 nitrogen and oxygen atoms in total. The second-order valence-electron chi connectivity index (χ2n) is 9.03. The van der Waals surface area contributed by atoms with Crippen molar-refractivity contribution in [2.45, 2.75) is 70.1 Å². The fourth-order valence-corrected chi connectivity index (χ4v) is 3.35. The Morgan fingerprint density at radius 1 is 1.00 bits per heavy atom. The highest BCUT2D eigenvalue weighted by atomic mass is 16.4. The number of H-pyrrole nitrogens is 1. The van der Waals surface area contributed by atoms with E-state index in [1.807, 2.05) is 0 Å². The lowest BCUT2D eigenvalue weighted by Crippen LogP contribution is -2.58. The summed E-state index contributed by atoms with van der Waals surface area (Å²) < 4.78 is 0. The van der Waals surface area contributed by atoms with Gasteiger partial charge in [-0.2, -0.15) is 0 Å². The molecule has 1 aromatic rings. The van der Waals surface area contributed by atoms with Crippen molar-refractivity contribution in [1.82, 2.24) is 25.9 Å². The van der Waals surface area contributed by atoms with E-state index in [2.05, 4.69) is 30.9 Å². The maximum absolute atomic E-state index is 13.1. The van der Waals surface area contributed by atoms with Crippen molar-refractivity contribution in [2.24, 2.45) is 33.8 Å². The van der Waals surface area contributed by atoms with Crippen LogP contribution in [0.3, 0.4) is 0 Å². The standard InChI is InChI=1S/C22H38N10O6/c1-11(2)17(20(36)31-15(21(37)38)8-12-9-27-10-29-12)32-19(35)14(5-6-16(24)33)30-18(34)13(23)4-3-7-28-22(25)26/h9-11,13-15,17H,3-8,23H2,1-2H3,(H2,24,33)(H,27,29)(H,30,34)(H,31,36)(H,32,35)(H,37,38)(H4,25,26,28). The summed E-state index contributed by atoms with van der Waals surface area (Å²) in [7, 11) is 0. The quantitative estimate of drug-likeness (QED) is 0.0543. The van der Waals surface area contributed by atoms with Crippen LogP contribution in [0.2, 0.25) is 0 Å². The number of carboxylic acids is 1. The number of primary amides is 1. The fourth-order valence-electron chi connectivity index (χ4n) is 3.35. The smallest absolute Gasteiger partial charge is 0.326 e. The number of aliphatic carboxylic acids is 1. The number of carboxylic acid groups (broad SMARTS) is 1. The second kappa shape index (κ2) is 15.8. The van der Waals surface area contributed by atoms with Gasteiger partial charge < -0.3 is 49.0 Å². The predicted molar refractivity (Wildman–Crippen MR) is 137 cm³/mol. The molecular weight excluding hydrogens is 500 g/mol. The topological polar surface area (TPSA) is 287 Å². The first kappa shape index (κ1) is 31.8. The zero-order valence-electron chi connectivity index (χ0n) is 21.5. The van der Waals surface area contributed by atoms with Crippen LogP contribution in [0.15, 0.2) is 17.5 Å². The maximum Gasteiger partial charge on any atom is 0.326 e. The van der Waals surface area contributed by atoms with Gasteiger partial charge in [-0.15, -0.1) is 0 Å². The highest BCUT2D eigenvalue weighted by Gasteiger charge is 2.32. The molecule has 0 aliphatic rings. The molecule has 0 fully saturated rings. The van der Waals surface area contributed by atoms with Crippen LogP contribution >= 0.6 is 0 Å². The second-order valence-corrected chi connectivity index (χ2v) is 9.03. The average molecular weight is 539 g/mol. The molecule has 0 spiro atoms. The Bertz CT molecular complexity index is 977. The van der Waals surface area contributed by atoms with Crippen LogP contribution in [0.5, 0.6) is 0 Å². The van der Waals surface area contributed by atoms with E-state index in [1.165, 1.54) is 12.5 Å². The Kier molecular flexibility index (Phi) is 13.2. The van der Waals surface area contributed by atoms with Crippen LogP contribution in [0.1, 0.15) is 45.2 Å². The molecule has 1 aromatic heterocycles. The number of rotatable bonds is 17. The molecule has 212 valence electrons. The van der Waals surface area contributed by atoms with Gasteiger partial charge in [-0.05, 0) is 25.2 Å². The summed E-state index contributed by atoms with van der Waals surface area (Å²) in [5, 5.41) is 17.0. The van der Waals surface area contributed by atoms with E-state index in [0.717, 1.165) is 0 Å². The molecule has 1 heterocycles. The van der Waals surface area contributed by atoms with E-state index in [1.54, 1.807) is 13.8 Å². The maximum atomic E-state index is 13.1. The number of guanidine groups is 1. The highest BCUT2D eigenvalue weighted by molar-refractivity contribution is 5.94. The van der Waals surface area contributed by atoms with Crippen molar-refractivity contribution in [3.63, 3.8) is 0 Å². The monoisotopic (exact) mass is 538 g/mol. The van der Waals surface area contributed by atoms with Crippen LogP contribution in [0, 0.1) is 5.92 Å². The van der Waals surface area contributed by atoms with Gasteiger partial charge in [0, 0.05) is 31.3 Å². The van der Waals surface area contributed by atoms with E-state index in [0.29, 0.717) is 12.1 Å². The fraction of sp³-hybridized carbons (Fsp3) is 0.591. The molecule has 0 bridgehead atoms. The number of aromatic nitrogens is 2. The molecule has 0 saturated heterocycles. The number of hydrogen-bond acceptors (Lipinski definition) is 8. The van der Waals surface area contributed by atoms with Crippen molar-refractivity contribution < 1.29 is 29.1 Å². The lowest BCUT2D eigenvalue weighted by molar-refractivity contribution is -0.142. The van der Waals surface area contributed by atoms with Crippen LogP contribution in [-0.4, -0.2) is 81.3 Å². The Morgan fingerprint density at radius 2 is 1.66 bits per heavy atom. The molecule has 0 aliphatic carbocycles. The third-order valence-electron chi connectivity index (χ3n) is 5.46. The van der Waals surface area contributed by atoms with E-state index in [9.17, 15) is 29.1 Å². The van der Waals surface area contributed by atoms with Gasteiger partial charge in [-0.1, -0.05) is 13.8 Å². The number of nitrogens with zero attached hydrogens (tertiary/aromatic N) is 2. The molecule has 0 aromatic carbocycles. The molecule has 1 rings (SSSR count). The van der Waals surface area contributed by atoms with Crippen LogP contribution in [0.4, 0.5) is 0 Å². The van der Waals surface area contributed by atoms with E-state index >= 15 is 0 Å². The molecule has 0 aliphatic heterocycles.